The first-order valence-corrected chi connectivity index (χ1v) is 12.8. The van der Waals surface area contributed by atoms with Crippen LogP contribution in [0.4, 0.5) is 0 Å². The zero-order valence-corrected chi connectivity index (χ0v) is 23.0. The van der Waals surface area contributed by atoms with Gasteiger partial charge in [0.25, 0.3) is 0 Å². The van der Waals surface area contributed by atoms with E-state index in [9.17, 15) is 4.79 Å². The summed E-state index contributed by atoms with van der Waals surface area (Å²) in [7, 11) is 1.41. The van der Waals surface area contributed by atoms with Crippen LogP contribution in [0.2, 0.25) is 0 Å². The van der Waals surface area contributed by atoms with Crippen LogP contribution in [0.25, 0.3) is 22.7 Å². The number of methoxy groups -OCH3 is 1. The van der Waals surface area contributed by atoms with Gasteiger partial charge < -0.3 is 9.72 Å². The topological polar surface area (TPSA) is 67.3 Å². The Bertz CT molecular complexity index is 1110. The largest absolute Gasteiger partial charge is 0.469 e. The van der Waals surface area contributed by atoms with E-state index in [0.29, 0.717) is 18.3 Å². The minimum Gasteiger partial charge on any atom is -0.469 e. The third-order valence-electron chi connectivity index (χ3n) is 5.31. The fourth-order valence-corrected chi connectivity index (χ4v) is 3.30. The highest BCUT2D eigenvalue weighted by Gasteiger charge is 2.05. The van der Waals surface area contributed by atoms with Gasteiger partial charge in [-0.05, 0) is 59.1 Å². The molecular weight excluding hydrogens is 446 g/mol. The number of aliphatic imine (C=N–C) groups is 1. The first-order chi connectivity index (χ1) is 17.3. The monoisotopic (exact) mass is 491 g/mol. The Balaban J connectivity index is 0.000000525. The molecule has 1 N–H and O–H groups in total. The van der Waals surface area contributed by atoms with Crippen LogP contribution in [0.3, 0.4) is 0 Å². The molecule has 1 aliphatic heterocycles. The Hall–Kier alpha value is -3.47. The molecule has 2 aromatic carbocycles. The van der Waals surface area contributed by atoms with Crippen molar-refractivity contribution in [3.63, 3.8) is 0 Å². The van der Waals surface area contributed by atoms with Crippen LogP contribution in [-0.2, 0) is 9.53 Å². The summed E-state index contributed by atoms with van der Waals surface area (Å²) in [6, 6.07) is 14.9. The van der Waals surface area contributed by atoms with Gasteiger partial charge in [0, 0.05) is 20.3 Å². The molecule has 0 amide bonds. The number of hydrogen-bond acceptors (Lipinski definition) is 4. The lowest BCUT2D eigenvalue weighted by Crippen LogP contribution is -2.03. The third-order valence-corrected chi connectivity index (χ3v) is 5.31. The lowest BCUT2D eigenvalue weighted by molar-refractivity contribution is -0.141. The van der Waals surface area contributed by atoms with Crippen LogP contribution in [0.5, 0.6) is 0 Å². The Morgan fingerprint density at radius 1 is 1.14 bits per heavy atom. The van der Waals surface area contributed by atoms with E-state index in [1.807, 2.05) is 64.4 Å². The molecule has 0 fully saturated rings. The van der Waals surface area contributed by atoms with Crippen LogP contribution in [0.1, 0.15) is 84.8 Å². The van der Waals surface area contributed by atoms with E-state index in [-0.39, 0.29) is 7.40 Å². The first kappa shape index (κ1) is 30.6. The highest BCUT2D eigenvalue weighted by molar-refractivity contribution is 5.77. The quantitative estimate of drug-likeness (QED) is 0.363. The minimum atomic E-state index is -0.125. The van der Waals surface area contributed by atoms with Crippen LogP contribution >= 0.6 is 0 Å². The zero-order valence-electron chi connectivity index (χ0n) is 23.0. The lowest BCUT2D eigenvalue weighted by atomic mass is 9.97. The van der Waals surface area contributed by atoms with Gasteiger partial charge >= 0.3 is 5.97 Å². The fraction of sp³-hybridized carbons (Fsp3) is 0.387. The number of allylic oxidation sites excluding steroid dienone is 1. The number of aromatic nitrogens is 2. The van der Waals surface area contributed by atoms with E-state index < -0.39 is 0 Å². The maximum atomic E-state index is 10.4. The standard InChI is InChI=1S/C14H17N.C9H8N2.C6H12O2.C2H6.H2/c1-11(2)12-5-7-13(8-6-12)14-4-3-9-15-10-14;1-2-7-3-4-8-9(5-7)11-6-10-8;1-5(2)4-6(7)8-3;1-2;/h5-11H,3-4H2,1-2H3;2-6H,1H2,(H,10,11);5H,4H2,1-3H3;1-2H3;1H. The van der Waals surface area contributed by atoms with E-state index in [0.717, 1.165) is 29.4 Å². The molecule has 0 aliphatic carbocycles. The van der Waals surface area contributed by atoms with Crippen molar-refractivity contribution in [2.75, 3.05) is 7.11 Å². The molecule has 1 aromatic heterocycles. The molecule has 3 aromatic rings. The summed E-state index contributed by atoms with van der Waals surface area (Å²) in [5, 5.41) is 0. The molecule has 196 valence electrons. The van der Waals surface area contributed by atoms with Crippen LogP contribution in [0.15, 0.2) is 66.6 Å². The molecule has 0 radical (unpaired) electrons. The summed E-state index contributed by atoms with van der Waals surface area (Å²) in [6.45, 7) is 16.1. The number of esters is 1. The number of H-pyrrole nitrogens is 1. The SMILES string of the molecule is C=Cc1ccc2nc[nH]c2c1.CC.CC(C)c1ccc(C2=CN=CCC2)cc1.COC(=O)CC(C)C.[HH]. The summed E-state index contributed by atoms with van der Waals surface area (Å²) >= 11 is 0. The molecule has 2 heterocycles. The van der Waals surface area contributed by atoms with Crippen LogP contribution < -0.4 is 0 Å². The smallest absolute Gasteiger partial charge is 0.305 e. The van der Waals surface area contributed by atoms with E-state index >= 15 is 0 Å². The molecule has 0 saturated heterocycles. The normalized spacial score (nSPS) is 11.9. The maximum absolute atomic E-state index is 10.4. The van der Waals surface area contributed by atoms with Gasteiger partial charge in [-0.1, -0.05) is 84.5 Å². The number of imidazole rings is 1. The number of ether oxygens (including phenoxy) is 1. The molecular formula is C31H45N3O2. The number of benzene rings is 2. The van der Waals surface area contributed by atoms with Crippen LogP contribution in [0, 0.1) is 5.92 Å². The lowest BCUT2D eigenvalue weighted by Gasteiger charge is -2.10. The van der Waals surface area contributed by atoms with Crippen LogP contribution in [-0.4, -0.2) is 29.3 Å². The number of nitrogens with one attached hydrogen (secondary N) is 1. The van der Waals surface area contributed by atoms with Crippen molar-refractivity contribution in [1.82, 2.24) is 9.97 Å². The second-order valence-corrected chi connectivity index (χ2v) is 8.86. The summed E-state index contributed by atoms with van der Waals surface area (Å²) in [5.41, 5.74) is 7.24. The van der Waals surface area contributed by atoms with E-state index in [1.165, 1.54) is 23.8 Å². The predicted octanol–water partition coefficient (Wildman–Crippen LogP) is 8.70. The van der Waals surface area contributed by atoms with Crippen molar-refractivity contribution in [2.45, 2.75) is 66.7 Å². The number of rotatable bonds is 5. The number of carbonyl (C=O) groups excluding carboxylic acids is 1. The summed E-state index contributed by atoms with van der Waals surface area (Å²) < 4.78 is 4.42. The van der Waals surface area contributed by atoms with Gasteiger partial charge in [-0.3, -0.25) is 9.79 Å². The highest BCUT2D eigenvalue weighted by atomic mass is 16.5. The third kappa shape index (κ3) is 10.9. The van der Waals surface area contributed by atoms with Gasteiger partial charge in [0.05, 0.1) is 24.5 Å². The Kier molecular flexibility index (Phi) is 14.5. The summed E-state index contributed by atoms with van der Waals surface area (Å²) in [6.07, 6.45) is 10.2. The Morgan fingerprint density at radius 3 is 2.33 bits per heavy atom. The maximum Gasteiger partial charge on any atom is 0.305 e. The van der Waals surface area contributed by atoms with Crippen molar-refractivity contribution < 1.29 is 11.0 Å². The Labute approximate surface area is 218 Å². The zero-order chi connectivity index (χ0) is 26.9. The van der Waals surface area contributed by atoms with E-state index in [1.54, 1.807) is 6.33 Å². The molecule has 0 saturated carbocycles. The fourth-order valence-electron chi connectivity index (χ4n) is 3.30. The molecule has 0 atom stereocenters. The van der Waals surface area contributed by atoms with Gasteiger partial charge in [0.2, 0.25) is 0 Å². The van der Waals surface area contributed by atoms with Gasteiger partial charge in [0.1, 0.15) is 0 Å². The number of fused-ring (bicyclic) bond motifs is 1. The van der Waals surface area contributed by atoms with Crippen molar-refractivity contribution >= 4 is 34.9 Å². The molecule has 1 aliphatic rings. The number of nitrogens with zero attached hydrogens (tertiary/aromatic N) is 2. The van der Waals surface area contributed by atoms with Crippen molar-refractivity contribution in [3.05, 3.63) is 78.3 Å². The first-order valence-electron chi connectivity index (χ1n) is 12.8. The van der Waals surface area contributed by atoms with Gasteiger partial charge in [0.15, 0.2) is 0 Å². The predicted molar refractivity (Wildman–Crippen MR) is 157 cm³/mol. The molecule has 36 heavy (non-hydrogen) atoms. The molecule has 5 nitrogen and oxygen atoms in total. The molecule has 0 spiro atoms. The number of hydrogen-bond donors (Lipinski definition) is 1. The molecule has 4 rings (SSSR count). The molecule has 5 heteroatoms. The van der Waals surface area contributed by atoms with Crippen molar-refractivity contribution in [1.29, 1.82) is 0 Å². The Morgan fingerprint density at radius 2 is 1.83 bits per heavy atom. The summed E-state index contributed by atoms with van der Waals surface area (Å²) in [4.78, 5) is 21.7. The average molecular weight is 492 g/mol. The van der Waals surface area contributed by atoms with E-state index in [2.05, 4.69) is 64.4 Å². The number of aromatic amines is 1. The minimum absolute atomic E-state index is 0. The van der Waals surface area contributed by atoms with E-state index in [4.69, 9.17) is 0 Å². The molecule has 0 bridgehead atoms. The van der Waals surface area contributed by atoms with Gasteiger partial charge in [-0.25, -0.2) is 4.98 Å². The summed E-state index contributed by atoms with van der Waals surface area (Å²) in [5.74, 6) is 0.889. The average Bonchev–Trinajstić information content (AvgIpc) is 3.38. The molecule has 0 unspecified atom stereocenters. The number of carbonyl (C=O) groups is 1. The second kappa shape index (κ2) is 17.0. The van der Waals surface area contributed by atoms with Gasteiger partial charge in [-0.2, -0.15) is 0 Å². The van der Waals surface area contributed by atoms with Crippen molar-refractivity contribution in [2.24, 2.45) is 10.9 Å². The van der Waals surface area contributed by atoms with Gasteiger partial charge in [-0.15, -0.1) is 0 Å². The highest BCUT2D eigenvalue weighted by Crippen LogP contribution is 2.24. The van der Waals surface area contributed by atoms with Crippen molar-refractivity contribution in [3.8, 4) is 0 Å². The second-order valence-electron chi connectivity index (χ2n) is 8.86.